The minimum atomic E-state index is 0.395. The fraction of sp³-hybridized carbons (Fsp3) is 0.562. The molecule has 0 aromatic heterocycles. The van der Waals surface area contributed by atoms with Gasteiger partial charge in [-0.05, 0) is 13.3 Å². The van der Waals surface area contributed by atoms with Crippen molar-refractivity contribution in [3.63, 3.8) is 0 Å². The summed E-state index contributed by atoms with van der Waals surface area (Å²) in [5.41, 5.74) is 1.32. The molecule has 0 saturated carbocycles. The summed E-state index contributed by atoms with van der Waals surface area (Å²) >= 11 is 0. The van der Waals surface area contributed by atoms with Crippen LogP contribution >= 0.6 is 0 Å². The lowest BCUT2D eigenvalue weighted by Crippen LogP contribution is -1.92. The molecule has 0 spiro atoms. The molecule has 1 aromatic rings. The molecule has 1 aromatic carbocycles. The molecule has 0 unspecified atom stereocenters. The summed E-state index contributed by atoms with van der Waals surface area (Å²) in [6, 6.07) is 10.3. The van der Waals surface area contributed by atoms with Crippen LogP contribution in [0.15, 0.2) is 30.3 Å². The molecule has 0 fully saturated rings. The number of Topliss-reactive ketones (excluding diaryl/α,β-unsaturated/α-hetero) is 1. The quantitative estimate of drug-likeness (QED) is 0.704. The lowest BCUT2D eigenvalue weighted by Gasteiger charge is -1.91. The van der Waals surface area contributed by atoms with Crippen molar-refractivity contribution < 1.29 is 4.79 Å². The molecule has 17 heavy (non-hydrogen) atoms. The predicted molar refractivity (Wildman–Crippen MR) is 77.4 cm³/mol. The van der Waals surface area contributed by atoms with Crippen molar-refractivity contribution in [2.45, 2.75) is 60.3 Å². The van der Waals surface area contributed by atoms with E-state index in [-0.39, 0.29) is 0 Å². The van der Waals surface area contributed by atoms with Crippen LogP contribution in [-0.4, -0.2) is 5.78 Å². The summed E-state index contributed by atoms with van der Waals surface area (Å²) in [5.74, 6) is 0.395. The summed E-state index contributed by atoms with van der Waals surface area (Å²) in [6.07, 6.45) is 3.69. The van der Waals surface area contributed by atoms with Gasteiger partial charge in [-0.15, -0.1) is 0 Å². The largest absolute Gasteiger partial charge is 0.300 e. The number of carbonyl (C=O) groups is 1. The first kappa shape index (κ1) is 18.3. The molecule has 0 N–H and O–H groups in total. The molecule has 0 radical (unpaired) electrons. The van der Waals surface area contributed by atoms with E-state index < -0.39 is 0 Å². The van der Waals surface area contributed by atoms with Gasteiger partial charge in [0, 0.05) is 12.8 Å². The summed E-state index contributed by atoms with van der Waals surface area (Å²) in [6.45, 7) is 10.1. The van der Waals surface area contributed by atoms with E-state index in [4.69, 9.17) is 0 Å². The number of ketones is 1. The van der Waals surface area contributed by atoms with E-state index in [1.165, 1.54) is 5.56 Å². The van der Waals surface area contributed by atoms with E-state index in [2.05, 4.69) is 26.0 Å². The maximum absolute atomic E-state index is 10.6. The van der Waals surface area contributed by atoms with Crippen molar-refractivity contribution in [1.82, 2.24) is 0 Å². The van der Waals surface area contributed by atoms with Crippen molar-refractivity contribution in [3.8, 4) is 0 Å². The monoisotopic (exact) mass is 236 g/mol. The van der Waals surface area contributed by atoms with Crippen molar-refractivity contribution in [3.05, 3.63) is 35.9 Å². The van der Waals surface area contributed by atoms with E-state index in [1.54, 1.807) is 0 Å². The summed E-state index contributed by atoms with van der Waals surface area (Å²) in [7, 11) is 0. The summed E-state index contributed by atoms with van der Waals surface area (Å²) in [4.78, 5) is 10.6. The number of hydrogen-bond acceptors (Lipinski definition) is 1. The third-order valence-corrected chi connectivity index (χ3v) is 2.14. The van der Waals surface area contributed by atoms with Crippen LogP contribution in [0.25, 0.3) is 0 Å². The van der Waals surface area contributed by atoms with Crippen LogP contribution in [0.3, 0.4) is 0 Å². The van der Waals surface area contributed by atoms with Gasteiger partial charge in [0.2, 0.25) is 0 Å². The molecule has 0 atom stereocenters. The molecular weight excluding hydrogens is 208 g/mol. The van der Waals surface area contributed by atoms with Gasteiger partial charge in [-0.1, -0.05) is 70.0 Å². The van der Waals surface area contributed by atoms with Crippen molar-refractivity contribution >= 4 is 5.78 Å². The Morgan fingerprint density at radius 3 is 1.88 bits per heavy atom. The molecule has 0 bridgehead atoms. The van der Waals surface area contributed by atoms with Crippen LogP contribution in [0.5, 0.6) is 0 Å². The van der Waals surface area contributed by atoms with Crippen LogP contribution in [0.1, 0.15) is 58.9 Å². The molecule has 1 heteroatoms. The minimum absolute atomic E-state index is 0.395. The van der Waals surface area contributed by atoms with Crippen LogP contribution in [0.4, 0.5) is 0 Å². The maximum atomic E-state index is 10.6. The highest BCUT2D eigenvalue weighted by Crippen LogP contribution is 1.96. The van der Waals surface area contributed by atoms with Crippen LogP contribution in [0, 0.1) is 6.92 Å². The molecular formula is C16H28O. The smallest absolute Gasteiger partial charge is 0.132 e. The molecule has 98 valence electrons. The second-order valence-electron chi connectivity index (χ2n) is 3.65. The Kier molecular flexibility index (Phi) is 16.0. The van der Waals surface area contributed by atoms with E-state index in [1.807, 2.05) is 39.0 Å². The highest BCUT2D eigenvalue weighted by atomic mass is 16.1. The van der Waals surface area contributed by atoms with Crippen molar-refractivity contribution in [1.29, 1.82) is 0 Å². The lowest BCUT2D eigenvalue weighted by atomic mass is 10.1. The standard InChI is InChI=1S/C7H14O.C7H8.C2H6/c1-3-5-6-7(8)4-2;1-7-5-3-2-4-6-7;1-2/h3-6H2,1-2H3;2-6H,1H3;1-2H3. The number of aryl methyl sites for hydroxylation is 1. The van der Waals surface area contributed by atoms with Crippen LogP contribution in [-0.2, 0) is 4.79 Å². The normalized spacial score (nSPS) is 8.29. The Bertz CT molecular complexity index is 251. The third kappa shape index (κ3) is 14.9. The molecule has 0 aliphatic heterocycles. The van der Waals surface area contributed by atoms with Gasteiger partial charge in [0.25, 0.3) is 0 Å². The fourth-order valence-corrected chi connectivity index (χ4v) is 1.09. The highest BCUT2D eigenvalue weighted by Gasteiger charge is 1.93. The Hall–Kier alpha value is -1.11. The summed E-state index contributed by atoms with van der Waals surface area (Å²) < 4.78 is 0. The lowest BCUT2D eigenvalue weighted by molar-refractivity contribution is -0.118. The third-order valence-electron chi connectivity index (χ3n) is 2.14. The van der Waals surface area contributed by atoms with Gasteiger partial charge in [0.15, 0.2) is 0 Å². The van der Waals surface area contributed by atoms with Gasteiger partial charge in [0.05, 0.1) is 0 Å². The molecule has 0 amide bonds. The zero-order valence-corrected chi connectivity index (χ0v) is 12.1. The van der Waals surface area contributed by atoms with E-state index in [9.17, 15) is 4.79 Å². The molecule has 0 heterocycles. The predicted octanol–water partition coefficient (Wildman–Crippen LogP) is 5.18. The Balaban J connectivity index is 0. The number of unbranched alkanes of at least 4 members (excludes halogenated alkanes) is 1. The van der Waals surface area contributed by atoms with E-state index in [0.717, 1.165) is 19.3 Å². The summed E-state index contributed by atoms with van der Waals surface area (Å²) in [5, 5.41) is 0. The van der Waals surface area contributed by atoms with Gasteiger partial charge in [0.1, 0.15) is 5.78 Å². The van der Waals surface area contributed by atoms with Gasteiger partial charge >= 0.3 is 0 Å². The molecule has 0 saturated heterocycles. The SMILES string of the molecule is CC.CCCCC(=O)CC.Cc1ccccc1. The molecule has 1 rings (SSSR count). The first-order chi connectivity index (χ1) is 8.20. The Labute approximate surface area is 107 Å². The first-order valence-corrected chi connectivity index (χ1v) is 6.74. The van der Waals surface area contributed by atoms with E-state index >= 15 is 0 Å². The average molecular weight is 236 g/mol. The first-order valence-electron chi connectivity index (χ1n) is 6.74. The highest BCUT2D eigenvalue weighted by molar-refractivity contribution is 5.77. The second-order valence-corrected chi connectivity index (χ2v) is 3.65. The fourth-order valence-electron chi connectivity index (χ4n) is 1.09. The van der Waals surface area contributed by atoms with E-state index in [0.29, 0.717) is 12.2 Å². The van der Waals surface area contributed by atoms with Crippen molar-refractivity contribution in [2.75, 3.05) is 0 Å². The van der Waals surface area contributed by atoms with Crippen molar-refractivity contribution in [2.24, 2.45) is 0 Å². The topological polar surface area (TPSA) is 17.1 Å². The zero-order valence-electron chi connectivity index (χ0n) is 12.1. The van der Waals surface area contributed by atoms with Gasteiger partial charge in [-0.25, -0.2) is 0 Å². The number of carbonyl (C=O) groups excluding carboxylic acids is 1. The zero-order chi connectivity index (χ0) is 13.5. The van der Waals surface area contributed by atoms with Crippen LogP contribution < -0.4 is 0 Å². The molecule has 0 aliphatic carbocycles. The number of rotatable bonds is 4. The second kappa shape index (κ2) is 14.9. The van der Waals surface area contributed by atoms with Gasteiger partial charge in [-0.2, -0.15) is 0 Å². The number of hydrogen-bond donors (Lipinski definition) is 0. The Morgan fingerprint density at radius 2 is 1.59 bits per heavy atom. The minimum Gasteiger partial charge on any atom is -0.300 e. The molecule has 1 nitrogen and oxygen atoms in total. The Morgan fingerprint density at radius 1 is 1.06 bits per heavy atom. The van der Waals surface area contributed by atoms with Gasteiger partial charge < -0.3 is 0 Å². The molecule has 0 aliphatic rings. The average Bonchev–Trinajstić information content (AvgIpc) is 2.40. The van der Waals surface area contributed by atoms with Crippen LogP contribution in [0.2, 0.25) is 0 Å². The number of benzene rings is 1. The maximum Gasteiger partial charge on any atom is 0.132 e. The van der Waals surface area contributed by atoms with Gasteiger partial charge in [-0.3, -0.25) is 4.79 Å².